The number of carbonyl (C=O) groups excluding carboxylic acids is 1. The number of carbonyl (C=O) groups is 1. The van der Waals surface area contributed by atoms with E-state index < -0.39 is 18.2 Å². The molecule has 0 radical (unpaired) electrons. The first-order valence-electron chi connectivity index (χ1n) is 4.53. The van der Waals surface area contributed by atoms with Crippen molar-refractivity contribution in [3.8, 4) is 6.07 Å². The van der Waals surface area contributed by atoms with Gasteiger partial charge >= 0.3 is 5.97 Å². The van der Waals surface area contributed by atoms with Crippen LogP contribution in [0.1, 0.15) is 28.5 Å². The van der Waals surface area contributed by atoms with Gasteiger partial charge in [-0.15, -0.1) is 0 Å². The predicted octanol–water partition coefficient (Wildman–Crippen LogP) is 0.893. The van der Waals surface area contributed by atoms with E-state index in [-0.39, 0.29) is 23.4 Å². The number of aromatic nitrogens is 1. The summed E-state index contributed by atoms with van der Waals surface area (Å²) >= 11 is 0. The minimum Gasteiger partial charge on any atom is -0.462 e. The van der Waals surface area contributed by atoms with Crippen molar-refractivity contribution in [2.45, 2.75) is 13.6 Å². The van der Waals surface area contributed by atoms with Crippen molar-refractivity contribution in [3.05, 3.63) is 33.2 Å². The average molecular weight is 224 g/mol. The minimum absolute atomic E-state index is 0.125. The first-order valence-corrected chi connectivity index (χ1v) is 4.53. The molecule has 0 aliphatic rings. The number of nitrogens with one attached hydrogen (secondary N) is 1. The predicted molar refractivity (Wildman–Crippen MR) is 52.5 cm³/mol. The second kappa shape index (κ2) is 5.07. The number of rotatable bonds is 3. The van der Waals surface area contributed by atoms with E-state index in [0.717, 1.165) is 6.07 Å². The molecule has 5 nitrogen and oxygen atoms in total. The lowest BCUT2D eigenvalue weighted by Crippen LogP contribution is -2.18. The summed E-state index contributed by atoms with van der Waals surface area (Å²) in [5, 5.41) is 8.60. The molecule has 0 aliphatic heterocycles. The lowest BCUT2D eigenvalue weighted by atomic mass is 10.1. The highest BCUT2D eigenvalue weighted by Gasteiger charge is 2.15. The molecule has 1 aromatic rings. The van der Waals surface area contributed by atoms with Crippen LogP contribution in [-0.2, 0) is 11.4 Å². The quantitative estimate of drug-likeness (QED) is 0.773. The summed E-state index contributed by atoms with van der Waals surface area (Å²) in [6.45, 7) is 0.727. The molecule has 1 rings (SSSR count). The number of esters is 1. The summed E-state index contributed by atoms with van der Waals surface area (Å²) in [6, 6.07) is 2.64. The largest absolute Gasteiger partial charge is 0.462 e. The van der Waals surface area contributed by atoms with Gasteiger partial charge in [0.2, 0.25) is 0 Å². The fraction of sp³-hybridized carbons (Fsp3) is 0.300. The highest BCUT2D eigenvalue weighted by molar-refractivity contribution is 5.90. The summed E-state index contributed by atoms with van der Waals surface area (Å²) in [4.78, 5) is 24.7. The van der Waals surface area contributed by atoms with E-state index in [0.29, 0.717) is 0 Å². The van der Waals surface area contributed by atoms with E-state index in [1.165, 1.54) is 0 Å². The van der Waals surface area contributed by atoms with Crippen LogP contribution in [0.15, 0.2) is 10.9 Å². The Morgan fingerprint density at radius 2 is 2.38 bits per heavy atom. The monoisotopic (exact) mass is 224 g/mol. The van der Waals surface area contributed by atoms with Crippen LogP contribution < -0.4 is 5.56 Å². The Morgan fingerprint density at radius 3 is 2.88 bits per heavy atom. The molecule has 0 spiro atoms. The van der Waals surface area contributed by atoms with Crippen LogP contribution in [0, 0.1) is 11.3 Å². The number of pyridine rings is 1. The number of H-pyrrole nitrogens is 1. The van der Waals surface area contributed by atoms with Crippen molar-refractivity contribution in [1.29, 1.82) is 5.26 Å². The van der Waals surface area contributed by atoms with E-state index in [4.69, 9.17) is 5.26 Å². The maximum atomic E-state index is 12.5. The molecule has 0 amide bonds. The van der Waals surface area contributed by atoms with Gasteiger partial charge in [0.1, 0.15) is 18.3 Å². The first-order chi connectivity index (χ1) is 7.63. The zero-order chi connectivity index (χ0) is 12.1. The lowest BCUT2D eigenvalue weighted by Gasteiger charge is -2.05. The number of nitrogens with zero attached hydrogens (tertiary/aromatic N) is 1. The van der Waals surface area contributed by atoms with E-state index in [1.807, 2.05) is 0 Å². The van der Waals surface area contributed by atoms with Crippen LogP contribution in [0.5, 0.6) is 0 Å². The van der Waals surface area contributed by atoms with Gasteiger partial charge in [0.15, 0.2) is 0 Å². The highest BCUT2D eigenvalue weighted by atomic mass is 19.1. The number of hydrogen-bond acceptors (Lipinski definition) is 4. The van der Waals surface area contributed by atoms with Crippen LogP contribution in [0.2, 0.25) is 0 Å². The van der Waals surface area contributed by atoms with Gasteiger partial charge < -0.3 is 9.72 Å². The summed E-state index contributed by atoms with van der Waals surface area (Å²) in [7, 11) is 0. The van der Waals surface area contributed by atoms with Crippen LogP contribution in [0.4, 0.5) is 4.39 Å². The summed E-state index contributed by atoms with van der Waals surface area (Å²) in [5.41, 5.74) is -1.27. The molecule has 1 aromatic heterocycles. The second-order valence-corrected chi connectivity index (χ2v) is 2.87. The van der Waals surface area contributed by atoms with Crippen LogP contribution in [0.3, 0.4) is 0 Å². The molecule has 0 atom stereocenters. The molecule has 0 aromatic carbocycles. The van der Waals surface area contributed by atoms with Crippen molar-refractivity contribution in [3.63, 3.8) is 0 Å². The van der Waals surface area contributed by atoms with Gasteiger partial charge in [-0.05, 0) is 13.0 Å². The molecule has 0 saturated heterocycles. The smallest absolute Gasteiger partial charge is 0.340 e. The summed E-state index contributed by atoms with van der Waals surface area (Å²) < 4.78 is 17.2. The third-order valence-corrected chi connectivity index (χ3v) is 1.87. The van der Waals surface area contributed by atoms with E-state index in [1.54, 1.807) is 13.0 Å². The fourth-order valence-corrected chi connectivity index (χ4v) is 1.15. The highest BCUT2D eigenvalue weighted by Crippen LogP contribution is 2.09. The zero-order valence-corrected chi connectivity index (χ0v) is 8.54. The SMILES string of the molecule is CCOC(=O)c1cc(C#N)c(=O)[nH]c1CF. The molecule has 1 N–H and O–H groups in total. The van der Waals surface area contributed by atoms with Crippen LogP contribution in [-0.4, -0.2) is 17.6 Å². The Kier molecular flexibility index (Phi) is 3.78. The number of halogens is 1. The standard InChI is InChI=1S/C10H9FN2O3/c1-2-16-10(15)7-3-6(5-12)9(14)13-8(7)4-11/h3H,2,4H2,1H3,(H,13,14). The molecule has 0 aliphatic carbocycles. The number of aromatic amines is 1. The summed E-state index contributed by atoms with van der Waals surface area (Å²) in [6.07, 6.45) is 0. The molecular weight excluding hydrogens is 215 g/mol. The molecule has 1 heterocycles. The molecule has 6 heteroatoms. The Balaban J connectivity index is 3.32. The van der Waals surface area contributed by atoms with Gasteiger partial charge in [-0.2, -0.15) is 5.26 Å². The van der Waals surface area contributed by atoms with Gasteiger partial charge in [-0.1, -0.05) is 0 Å². The second-order valence-electron chi connectivity index (χ2n) is 2.87. The Hall–Kier alpha value is -2.16. The maximum absolute atomic E-state index is 12.5. The van der Waals surface area contributed by atoms with Crippen molar-refractivity contribution in [2.24, 2.45) is 0 Å². The van der Waals surface area contributed by atoms with Crippen molar-refractivity contribution < 1.29 is 13.9 Å². The van der Waals surface area contributed by atoms with Gasteiger partial charge in [0.05, 0.1) is 17.9 Å². The third-order valence-electron chi connectivity index (χ3n) is 1.87. The number of ether oxygens (including phenoxy) is 1. The average Bonchev–Trinajstić information content (AvgIpc) is 2.28. The molecule has 0 unspecified atom stereocenters. The Bertz CT molecular complexity index is 502. The molecule has 84 valence electrons. The first kappa shape index (κ1) is 11.9. The minimum atomic E-state index is -1.00. The van der Waals surface area contributed by atoms with E-state index in [9.17, 15) is 14.0 Å². The van der Waals surface area contributed by atoms with Crippen molar-refractivity contribution in [1.82, 2.24) is 4.98 Å². The molecule has 0 saturated carbocycles. The number of alkyl halides is 1. The Labute approximate surface area is 90.5 Å². The third kappa shape index (κ3) is 2.25. The molecular formula is C10H9FN2O3. The van der Waals surface area contributed by atoms with E-state index in [2.05, 4.69) is 9.72 Å². The topological polar surface area (TPSA) is 82.9 Å². The van der Waals surface area contributed by atoms with Gasteiger partial charge in [-0.3, -0.25) is 4.79 Å². The molecule has 0 fully saturated rings. The van der Waals surface area contributed by atoms with Crippen LogP contribution in [0.25, 0.3) is 0 Å². The van der Waals surface area contributed by atoms with Gasteiger partial charge in [0.25, 0.3) is 5.56 Å². The molecule has 0 bridgehead atoms. The van der Waals surface area contributed by atoms with E-state index >= 15 is 0 Å². The maximum Gasteiger partial charge on any atom is 0.340 e. The van der Waals surface area contributed by atoms with Gasteiger partial charge in [-0.25, -0.2) is 9.18 Å². The Morgan fingerprint density at radius 1 is 1.69 bits per heavy atom. The zero-order valence-electron chi connectivity index (χ0n) is 8.54. The lowest BCUT2D eigenvalue weighted by molar-refractivity contribution is 0.0523. The van der Waals surface area contributed by atoms with Gasteiger partial charge in [0, 0.05) is 0 Å². The summed E-state index contributed by atoms with van der Waals surface area (Å²) in [5.74, 6) is -0.761. The van der Waals surface area contributed by atoms with Crippen LogP contribution >= 0.6 is 0 Å². The molecule has 16 heavy (non-hydrogen) atoms. The number of hydrogen-bond donors (Lipinski definition) is 1. The number of nitriles is 1. The van der Waals surface area contributed by atoms with Crippen molar-refractivity contribution in [2.75, 3.05) is 6.61 Å². The van der Waals surface area contributed by atoms with Crippen molar-refractivity contribution >= 4 is 5.97 Å². The normalized spacial score (nSPS) is 9.56. The fourth-order valence-electron chi connectivity index (χ4n) is 1.15.